The van der Waals surface area contributed by atoms with Crippen LogP contribution >= 0.6 is 7.60 Å². The fourth-order valence-electron chi connectivity index (χ4n) is 2.43. The summed E-state index contributed by atoms with van der Waals surface area (Å²) < 4.78 is 33.6. The highest BCUT2D eigenvalue weighted by Gasteiger charge is 2.29. The van der Waals surface area contributed by atoms with Gasteiger partial charge in [0.15, 0.2) is 0 Å². The number of rotatable bonds is 9. The number of carbonyl (C=O) groups is 1. The predicted octanol–water partition coefficient (Wildman–Crippen LogP) is 3.51. The molecule has 1 aromatic carbocycles. The van der Waals surface area contributed by atoms with E-state index >= 15 is 0 Å². The fourth-order valence-corrected chi connectivity index (χ4v) is 4.08. The summed E-state index contributed by atoms with van der Waals surface area (Å²) in [5.74, 6) is 0. The predicted molar refractivity (Wildman–Crippen MR) is 105 cm³/mol. The van der Waals surface area contributed by atoms with E-state index in [9.17, 15) is 14.2 Å². The van der Waals surface area contributed by atoms with Crippen molar-refractivity contribution in [1.82, 2.24) is 5.43 Å². The van der Waals surface area contributed by atoms with Gasteiger partial charge in [0.2, 0.25) is 0 Å². The van der Waals surface area contributed by atoms with Crippen LogP contribution in [0.4, 0.5) is 4.79 Å². The molecule has 0 saturated heterocycles. The number of benzene rings is 1. The first kappa shape index (κ1) is 21.8. The molecule has 0 aliphatic heterocycles. The van der Waals surface area contributed by atoms with Crippen molar-refractivity contribution in [3.8, 4) is 0 Å². The zero-order valence-corrected chi connectivity index (χ0v) is 16.9. The van der Waals surface area contributed by atoms with Crippen LogP contribution in [0.15, 0.2) is 44.6 Å². The lowest BCUT2D eigenvalue weighted by atomic mass is 10.1. The molecule has 1 aromatic heterocycles. The molecule has 0 aliphatic carbocycles. The Labute approximate surface area is 162 Å². The minimum absolute atomic E-state index is 0.00205. The van der Waals surface area contributed by atoms with Crippen molar-refractivity contribution in [2.45, 2.75) is 20.8 Å². The van der Waals surface area contributed by atoms with Crippen LogP contribution in [0.5, 0.6) is 0 Å². The largest absolute Gasteiger partial charge is 0.449 e. The van der Waals surface area contributed by atoms with Crippen molar-refractivity contribution >= 4 is 30.4 Å². The molecule has 1 heterocycles. The number of hydrogen-bond donors (Lipinski definition) is 1. The zero-order valence-electron chi connectivity index (χ0n) is 16.0. The van der Waals surface area contributed by atoms with Crippen LogP contribution < -0.4 is 11.1 Å². The van der Waals surface area contributed by atoms with Crippen LogP contribution in [-0.2, 0) is 18.3 Å². The molecule has 10 heteroatoms. The number of fused-ring (bicyclic) bond motifs is 1. The Morgan fingerprint density at radius 2 is 1.82 bits per heavy atom. The van der Waals surface area contributed by atoms with Gasteiger partial charge in [-0.3, -0.25) is 4.57 Å². The summed E-state index contributed by atoms with van der Waals surface area (Å²) in [5, 5.41) is 4.57. The van der Waals surface area contributed by atoms with Gasteiger partial charge < -0.3 is 18.2 Å². The number of para-hydroxylation sites is 1. The molecule has 0 aliphatic rings. The van der Waals surface area contributed by atoms with Gasteiger partial charge in [-0.25, -0.2) is 15.0 Å². The third-order valence-electron chi connectivity index (χ3n) is 3.50. The summed E-state index contributed by atoms with van der Waals surface area (Å²) in [6, 6.07) is 8.48. The summed E-state index contributed by atoms with van der Waals surface area (Å²) in [5.41, 5.74) is 1.92. The Morgan fingerprint density at radius 1 is 1.14 bits per heavy atom. The van der Waals surface area contributed by atoms with E-state index in [1.54, 1.807) is 51.1 Å². The number of nitrogens with zero attached hydrogens (tertiary/aromatic N) is 1. The van der Waals surface area contributed by atoms with Crippen LogP contribution in [0, 0.1) is 0 Å². The van der Waals surface area contributed by atoms with Crippen LogP contribution in [0.2, 0.25) is 0 Å². The Bertz CT molecular complexity index is 944. The Balaban J connectivity index is 2.50. The highest BCUT2D eigenvalue weighted by atomic mass is 31.2. The normalized spacial score (nSPS) is 12.2. The molecule has 9 nitrogen and oxygen atoms in total. The number of amides is 1. The SMILES string of the molecule is CCOC(=O)NN=C(CP(=O)(OCC)OCC)c1cc2ccccc2oc1=O. The zero-order chi connectivity index (χ0) is 20.6. The van der Waals surface area contributed by atoms with E-state index < -0.39 is 19.3 Å². The standard InChI is InChI=1S/C18H23N2O7P/c1-4-24-18(22)20-19-15(12-28(23,25-5-2)26-6-3)14-11-13-9-7-8-10-16(13)27-17(14)21/h7-11H,4-6,12H2,1-3H3,(H,20,22). The van der Waals surface area contributed by atoms with Crippen LogP contribution in [0.1, 0.15) is 26.3 Å². The second-order valence-electron chi connectivity index (χ2n) is 5.48. The van der Waals surface area contributed by atoms with Gasteiger partial charge in [-0.05, 0) is 32.9 Å². The highest BCUT2D eigenvalue weighted by molar-refractivity contribution is 7.55. The van der Waals surface area contributed by atoms with Gasteiger partial charge in [0.1, 0.15) is 5.58 Å². The number of nitrogens with one attached hydrogen (secondary N) is 1. The molecular weight excluding hydrogens is 387 g/mol. The molecule has 0 unspecified atom stereocenters. The Morgan fingerprint density at radius 3 is 2.46 bits per heavy atom. The number of hydrazone groups is 1. The second kappa shape index (κ2) is 10.2. The summed E-state index contributed by atoms with van der Waals surface area (Å²) >= 11 is 0. The van der Waals surface area contributed by atoms with Gasteiger partial charge in [-0.2, -0.15) is 5.10 Å². The molecule has 28 heavy (non-hydrogen) atoms. The van der Waals surface area contributed by atoms with Crippen molar-refractivity contribution in [1.29, 1.82) is 0 Å². The number of ether oxygens (including phenoxy) is 1. The maximum Gasteiger partial charge on any atom is 0.427 e. The first-order valence-corrected chi connectivity index (χ1v) is 10.6. The topological polar surface area (TPSA) is 116 Å². The first-order valence-electron chi connectivity index (χ1n) is 8.83. The Kier molecular flexibility index (Phi) is 7.92. The molecule has 0 atom stereocenters. The fraction of sp³-hybridized carbons (Fsp3) is 0.389. The molecule has 0 spiro atoms. The monoisotopic (exact) mass is 410 g/mol. The minimum atomic E-state index is -3.60. The maximum absolute atomic E-state index is 12.9. The first-order chi connectivity index (χ1) is 13.4. The van der Waals surface area contributed by atoms with E-state index in [4.69, 9.17) is 18.2 Å². The van der Waals surface area contributed by atoms with Gasteiger partial charge in [0.05, 0.1) is 37.3 Å². The average molecular weight is 410 g/mol. The van der Waals surface area contributed by atoms with E-state index in [0.29, 0.717) is 11.0 Å². The van der Waals surface area contributed by atoms with Gasteiger partial charge in [-0.1, -0.05) is 18.2 Å². The molecular formula is C18H23N2O7P. The van der Waals surface area contributed by atoms with Crippen molar-refractivity contribution in [2.75, 3.05) is 26.0 Å². The maximum atomic E-state index is 12.9. The number of carbonyl (C=O) groups excluding carboxylic acids is 1. The second-order valence-corrected chi connectivity index (χ2v) is 7.54. The van der Waals surface area contributed by atoms with Crippen LogP contribution in [-0.4, -0.2) is 37.8 Å². The molecule has 0 fully saturated rings. The van der Waals surface area contributed by atoms with Gasteiger partial charge in [-0.15, -0.1) is 0 Å². The highest BCUT2D eigenvalue weighted by Crippen LogP contribution is 2.48. The minimum Gasteiger partial charge on any atom is -0.449 e. The van der Waals surface area contributed by atoms with Gasteiger partial charge in [0, 0.05) is 5.39 Å². The van der Waals surface area contributed by atoms with E-state index in [0.717, 1.165) is 0 Å². The molecule has 2 rings (SSSR count). The summed E-state index contributed by atoms with van der Waals surface area (Å²) in [6.45, 7) is 5.41. The van der Waals surface area contributed by atoms with E-state index in [2.05, 4.69) is 10.5 Å². The molecule has 0 radical (unpaired) electrons. The lowest BCUT2D eigenvalue weighted by Gasteiger charge is -2.17. The number of hydrogen-bond acceptors (Lipinski definition) is 8. The quantitative estimate of drug-likeness (QED) is 0.291. The molecule has 152 valence electrons. The average Bonchev–Trinajstić information content (AvgIpc) is 2.65. The third kappa shape index (κ3) is 5.76. The van der Waals surface area contributed by atoms with Crippen molar-refractivity contribution in [2.24, 2.45) is 5.10 Å². The van der Waals surface area contributed by atoms with E-state index in [1.807, 2.05) is 0 Å². The lowest BCUT2D eigenvalue weighted by molar-refractivity contribution is 0.152. The Hall–Kier alpha value is -2.48. The van der Waals surface area contributed by atoms with Gasteiger partial charge >= 0.3 is 19.3 Å². The molecule has 2 aromatic rings. The summed E-state index contributed by atoms with van der Waals surface area (Å²) in [7, 11) is -3.60. The van der Waals surface area contributed by atoms with Crippen molar-refractivity contribution in [3.05, 3.63) is 46.3 Å². The van der Waals surface area contributed by atoms with Crippen LogP contribution in [0.3, 0.4) is 0 Å². The lowest BCUT2D eigenvalue weighted by Crippen LogP contribution is -2.26. The molecule has 0 bridgehead atoms. The van der Waals surface area contributed by atoms with E-state index in [1.165, 1.54) is 0 Å². The smallest absolute Gasteiger partial charge is 0.427 e. The molecule has 1 N–H and O–H groups in total. The summed E-state index contributed by atoms with van der Waals surface area (Å²) in [6.07, 6.45) is -1.14. The van der Waals surface area contributed by atoms with E-state index in [-0.39, 0.29) is 37.3 Å². The van der Waals surface area contributed by atoms with Crippen molar-refractivity contribution < 1.29 is 27.6 Å². The van der Waals surface area contributed by atoms with Crippen LogP contribution in [0.25, 0.3) is 11.0 Å². The van der Waals surface area contributed by atoms with Gasteiger partial charge in [0.25, 0.3) is 0 Å². The molecule has 0 saturated carbocycles. The molecule has 1 amide bonds. The van der Waals surface area contributed by atoms with Crippen molar-refractivity contribution in [3.63, 3.8) is 0 Å². The third-order valence-corrected chi connectivity index (χ3v) is 5.49. The summed E-state index contributed by atoms with van der Waals surface area (Å²) in [4.78, 5) is 24.1.